The van der Waals surface area contributed by atoms with Gasteiger partial charge in [-0.3, -0.25) is 4.79 Å². The van der Waals surface area contributed by atoms with E-state index in [0.29, 0.717) is 17.1 Å². The lowest BCUT2D eigenvalue weighted by atomic mass is 9.99. The number of para-hydroxylation sites is 1. The molecular formula is C31H27ClN4O. The molecule has 1 heterocycles. The van der Waals surface area contributed by atoms with Gasteiger partial charge in [0, 0.05) is 28.2 Å². The van der Waals surface area contributed by atoms with E-state index in [1.165, 1.54) is 5.56 Å². The second-order valence-corrected chi connectivity index (χ2v) is 9.30. The molecule has 5 aromatic rings. The fraction of sp³-hybridized carbons (Fsp3) is 0.129. The van der Waals surface area contributed by atoms with Crippen LogP contribution >= 0.6 is 11.6 Å². The molecule has 0 saturated carbocycles. The van der Waals surface area contributed by atoms with E-state index < -0.39 is 0 Å². The number of aromatic nitrogens is 2. The Kier molecular flexibility index (Phi) is 7.72. The summed E-state index contributed by atoms with van der Waals surface area (Å²) in [6.07, 6.45) is 4.43. The minimum atomic E-state index is -0.0694. The van der Waals surface area contributed by atoms with Crippen LogP contribution in [0.5, 0.6) is 0 Å². The number of rotatable bonds is 9. The van der Waals surface area contributed by atoms with Crippen molar-refractivity contribution in [3.8, 4) is 11.1 Å². The number of anilines is 2. The van der Waals surface area contributed by atoms with Gasteiger partial charge in [-0.1, -0.05) is 60.1 Å². The smallest absolute Gasteiger partial charge is 0.251 e. The van der Waals surface area contributed by atoms with Crippen molar-refractivity contribution in [2.75, 3.05) is 11.9 Å². The van der Waals surface area contributed by atoms with Crippen LogP contribution in [-0.4, -0.2) is 22.4 Å². The number of nitrogens with one attached hydrogen (secondary N) is 2. The van der Waals surface area contributed by atoms with Gasteiger partial charge in [0.15, 0.2) is 0 Å². The van der Waals surface area contributed by atoms with Crippen LogP contribution in [0.25, 0.3) is 22.0 Å². The average molecular weight is 507 g/mol. The molecule has 1 amide bonds. The highest BCUT2D eigenvalue weighted by Crippen LogP contribution is 2.29. The number of unbranched alkanes of at least 4 members (excludes halogenated alkanes) is 1. The second kappa shape index (κ2) is 11.7. The van der Waals surface area contributed by atoms with Crippen molar-refractivity contribution >= 4 is 39.9 Å². The van der Waals surface area contributed by atoms with Crippen molar-refractivity contribution in [2.45, 2.75) is 19.3 Å². The van der Waals surface area contributed by atoms with E-state index in [9.17, 15) is 4.79 Å². The molecule has 0 unspecified atom stereocenters. The van der Waals surface area contributed by atoms with Gasteiger partial charge in [-0.15, -0.1) is 0 Å². The van der Waals surface area contributed by atoms with Crippen LogP contribution in [0.2, 0.25) is 5.02 Å². The highest BCUT2D eigenvalue weighted by atomic mass is 35.5. The monoisotopic (exact) mass is 506 g/mol. The highest BCUT2D eigenvalue weighted by Gasteiger charge is 2.08. The van der Waals surface area contributed by atoms with Crippen molar-refractivity contribution in [2.24, 2.45) is 0 Å². The molecule has 0 aliphatic rings. The summed E-state index contributed by atoms with van der Waals surface area (Å²) < 4.78 is 0. The number of carbonyl (C=O) groups is 1. The normalized spacial score (nSPS) is 10.8. The molecule has 5 nitrogen and oxygen atoms in total. The summed E-state index contributed by atoms with van der Waals surface area (Å²) >= 11 is 5.89. The van der Waals surface area contributed by atoms with E-state index in [0.717, 1.165) is 52.8 Å². The zero-order valence-corrected chi connectivity index (χ0v) is 21.1. The molecule has 0 aliphatic carbocycles. The van der Waals surface area contributed by atoms with E-state index in [-0.39, 0.29) is 5.91 Å². The van der Waals surface area contributed by atoms with Crippen LogP contribution in [0, 0.1) is 0 Å². The highest BCUT2D eigenvalue weighted by molar-refractivity contribution is 6.30. The van der Waals surface area contributed by atoms with E-state index in [2.05, 4.69) is 57.0 Å². The number of carbonyl (C=O) groups excluding carboxylic acids is 1. The van der Waals surface area contributed by atoms with Gasteiger partial charge < -0.3 is 10.6 Å². The lowest BCUT2D eigenvalue weighted by molar-refractivity contribution is 0.0953. The van der Waals surface area contributed by atoms with Crippen LogP contribution in [0.1, 0.15) is 28.8 Å². The average Bonchev–Trinajstić information content (AvgIpc) is 2.94. The quantitative estimate of drug-likeness (QED) is 0.204. The first-order valence-corrected chi connectivity index (χ1v) is 12.7. The summed E-state index contributed by atoms with van der Waals surface area (Å²) in [4.78, 5) is 21.2. The zero-order chi connectivity index (χ0) is 25.5. The number of hydrogen-bond donors (Lipinski definition) is 2. The van der Waals surface area contributed by atoms with Gasteiger partial charge in [0.25, 0.3) is 5.91 Å². The summed E-state index contributed by atoms with van der Waals surface area (Å²) in [5.41, 5.74) is 6.06. The topological polar surface area (TPSA) is 66.9 Å². The van der Waals surface area contributed by atoms with E-state index >= 15 is 0 Å². The Morgan fingerprint density at radius 2 is 1.59 bits per heavy atom. The van der Waals surface area contributed by atoms with Crippen LogP contribution in [0.15, 0.2) is 103 Å². The maximum absolute atomic E-state index is 12.2. The molecule has 0 spiro atoms. The SMILES string of the molecule is O=C(NCCCCc1cccc(-c2ccc3ncnc(Nc4ccccc4)c3c2)c1)c1ccc(Cl)cc1. The molecule has 4 aromatic carbocycles. The van der Waals surface area contributed by atoms with Crippen LogP contribution in [-0.2, 0) is 6.42 Å². The molecule has 0 aliphatic heterocycles. The summed E-state index contributed by atoms with van der Waals surface area (Å²) in [5, 5.41) is 7.99. The van der Waals surface area contributed by atoms with Crippen molar-refractivity contribution in [1.29, 1.82) is 0 Å². The van der Waals surface area contributed by atoms with Crippen molar-refractivity contribution < 1.29 is 4.79 Å². The Bertz CT molecular complexity index is 1500. The first-order valence-electron chi connectivity index (χ1n) is 12.4. The summed E-state index contributed by atoms with van der Waals surface area (Å²) in [6, 6.07) is 31.9. The van der Waals surface area contributed by atoms with Gasteiger partial charge in [-0.05, 0) is 84.5 Å². The van der Waals surface area contributed by atoms with E-state index in [4.69, 9.17) is 11.6 Å². The van der Waals surface area contributed by atoms with Gasteiger partial charge in [-0.25, -0.2) is 9.97 Å². The minimum Gasteiger partial charge on any atom is -0.352 e. The van der Waals surface area contributed by atoms with Gasteiger partial charge in [0.1, 0.15) is 12.1 Å². The molecule has 37 heavy (non-hydrogen) atoms. The molecule has 6 heteroatoms. The van der Waals surface area contributed by atoms with Crippen LogP contribution < -0.4 is 10.6 Å². The standard InChI is InChI=1S/C31H27ClN4O/c32-26-15-12-23(13-16-26)31(37)33-18-5-4-7-22-8-6-9-24(19-22)25-14-17-29-28(20-25)30(35-21-34-29)36-27-10-2-1-3-11-27/h1-3,6,8-17,19-21H,4-5,7,18H2,(H,33,37)(H,34,35,36). The first-order chi connectivity index (χ1) is 18.2. The molecule has 1 aromatic heterocycles. The molecule has 0 saturated heterocycles. The Labute approximate surface area is 221 Å². The number of aryl methyl sites for hydroxylation is 1. The largest absolute Gasteiger partial charge is 0.352 e. The maximum atomic E-state index is 12.2. The minimum absolute atomic E-state index is 0.0694. The Morgan fingerprint density at radius 1 is 0.784 bits per heavy atom. The molecular weight excluding hydrogens is 480 g/mol. The van der Waals surface area contributed by atoms with Crippen LogP contribution in [0.4, 0.5) is 11.5 Å². The fourth-order valence-corrected chi connectivity index (χ4v) is 4.39. The number of amides is 1. The lowest BCUT2D eigenvalue weighted by Gasteiger charge is -2.11. The molecule has 0 bridgehead atoms. The molecule has 0 radical (unpaired) electrons. The van der Waals surface area contributed by atoms with Gasteiger partial charge in [0.05, 0.1) is 5.52 Å². The summed E-state index contributed by atoms with van der Waals surface area (Å²) in [6.45, 7) is 0.642. The third kappa shape index (κ3) is 6.32. The van der Waals surface area contributed by atoms with Gasteiger partial charge in [-0.2, -0.15) is 0 Å². The summed E-state index contributed by atoms with van der Waals surface area (Å²) in [7, 11) is 0. The molecule has 0 atom stereocenters. The molecule has 184 valence electrons. The maximum Gasteiger partial charge on any atom is 0.251 e. The Morgan fingerprint density at radius 3 is 2.43 bits per heavy atom. The van der Waals surface area contributed by atoms with Gasteiger partial charge >= 0.3 is 0 Å². The number of fused-ring (bicyclic) bond motifs is 1. The van der Waals surface area contributed by atoms with Crippen molar-refractivity contribution in [3.05, 3.63) is 120 Å². The lowest BCUT2D eigenvalue weighted by Crippen LogP contribution is -2.24. The first kappa shape index (κ1) is 24.5. The molecule has 5 rings (SSSR count). The Hall–Kier alpha value is -4.22. The number of hydrogen-bond acceptors (Lipinski definition) is 4. The molecule has 2 N–H and O–H groups in total. The zero-order valence-electron chi connectivity index (χ0n) is 20.3. The predicted molar refractivity (Wildman–Crippen MR) is 151 cm³/mol. The van der Waals surface area contributed by atoms with E-state index in [1.807, 2.05) is 36.4 Å². The second-order valence-electron chi connectivity index (χ2n) is 8.87. The fourth-order valence-electron chi connectivity index (χ4n) is 4.26. The van der Waals surface area contributed by atoms with Crippen molar-refractivity contribution in [1.82, 2.24) is 15.3 Å². The third-order valence-electron chi connectivity index (χ3n) is 6.22. The number of nitrogens with zero attached hydrogens (tertiary/aromatic N) is 2. The third-order valence-corrected chi connectivity index (χ3v) is 6.47. The number of benzene rings is 4. The van der Waals surface area contributed by atoms with E-state index in [1.54, 1.807) is 30.6 Å². The molecule has 0 fully saturated rings. The summed E-state index contributed by atoms with van der Waals surface area (Å²) in [5.74, 6) is 0.718. The van der Waals surface area contributed by atoms with Crippen molar-refractivity contribution in [3.63, 3.8) is 0 Å². The Balaban J connectivity index is 1.22. The number of halogens is 1. The van der Waals surface area contributed by atoms with Gasteiger partial charge in [0.2, 0.25) is 0 Å². The van der Waals surface area contributed by atoms with Crippen LogP contribution in [0.3, 0.4) is 0 Å². The predicted octanol–water partition coefficient (Wildman–Crippen LogP) is 7.45.